The van der Waals surface area contributed by atoms with E-state index in [4.69, 9.17) is 0 Å². The number of hydrogen-bond acceptors (Lipinski definition) is 3. The van der Waals surface area contributed by atoms with Crippen molar-refractivity contribution in [3.05, 3.63) is 0 Å². The van der Waals surface area contributed by atoms with Crippen LogP contribution in [0.1, 0.15) is 44.9 Å². The molecule has 0 aromatic carbocycles. The van der Waals surface area contributed by atoms with E-state index >= 15 is 0 Å². The molecular weight excluding hydrogens is 266 g/mol. The molecule has 0 aromatic heterocycles. The number of aliphatic hydroxyl groups excluding tert-OH is 1. The molecule has 122 valence electrons. The third kappa shape index (κ3) is 5.47. The minimum absolute atomic E-state index is 0.0618. The number of hydrogen-bond donors (Lipinski definition) is 3. The Kier molecular flexibility index (Phi) is 6.77. The minimum atomic E-state index is -0.0618. The lowest BCUT2D eigenvalue weighted by atomic mass is 9.85. The van der Waals surface area contributed by atoms with Crippen LogP contribution in [0.3, 0.4) is 0 Å². The van der Waals surface area contributed by atoms with Gasteiger partial charge in [-0.15, -0.1) is 0 Å². The van der Waals surface area contributed by atoms with Gasteiger partial charge < -0.3 is 20.6 Å². The predicted octanol–water partition coefficient (Wildman–Crippen LogP) is 1.57. The van der Waals surface area contributed by atoms with E-state index in [0.29, 0.717) is 0 Å². The Labute approximate surface area is 128 Å². The number of nitrogens with zero attached hydrogens (tertiary/aromatic N) is 1. The first-order valence-electron chi connectivity index (χ1n) is 8.53. The van der Waals surface area contributed by atoms with E-state index in [1.807, 2.05) is 0 Å². The molecule has 0 radical (unpaired) electrons. The summed E-state index contributed by atoms with van der Waals surface area (Å²) in [6.07, 6.45) is 7.90. The fraction of sp³-hybridized carbons (Fsp3) is 0.938. The molecule has 0 aromatic rings. The van der Waals surface area contributed by atoms with E-state index in [0.717, 1.165) is 38.1 Å². The summed E-state index contributed by atoms with van der Waals surface area (Å²) in [4.78, 5) is 14.3. The zero-order valence-corrected chi connectivity index (χ0v) is 13.3. The molecule has 5 nitrogen and oxygen atoms in total. The van der Waals surface area contributed by atoms with Gasteiger partial charge in [0.1, 0.15) is 0 Å². The number of carbonyl (C=O) groups is 1. The standard InChI is InChI=1S/C16H31N3O2/c1-19-10-7-13(8-11-19)6-9-17-16(21)18-15-5-3-2-4-14(15)12-20/h13-15,20H,2-12H2,1H3,(H2,17,18,21). The van der Waals surface area contributed by atoms with Gasteiger partial charge in [-0.2, -0.15) is 0 Å². The maximum Gasteiger partial charge on any atom is 0.315 e. The van der Waals surface area contributed by atoms with E-state index in [-0.39, 0.29) is 24.6 Å². The first-order valence-corrected chi connectivity index (χ1v) is 8.53. The highest BCUT2D eigenvalue weighted by Gasteiger charge is 2.25. The van der Waals surface area contributed by atoms with Gasteiger partial charge in [-0.25, -0.2) is 4.79 Å². The molecule has 0 bridgehead atoms. The van der Waals surface area contributed by atoms with Gasteiger partial charge in [0.2, 0.25) is 0 Å². The summed E-state index contributed by atoms with van der Waals surface area (Å²) in [7, 11) is 2.17. The van der Waals surface area contributed by atoms with Crippen molar-refractivity contribution in [3.63, 3.8) is 0 Å². The summed E-state index contributed by atoms with van der Waals surface area (Å²) in [6, 6.07) is 0.0837. The highest BCUT2D eigenvalue weighted by molar-refractivity contribution is 5.74. The third-order valence-corrected chi connectivity index (χ3v) is 5.14. The molecule has 1 aliphatic heterocycles. The average Bonchev–Trinajstić information content (AvgIpc) is 2.50. The first kappa shape index (κ1) is 16.6. The van der Waals surface area contributed by atoms with Crippen LogP contribution in [0.2, 0.25) is 0 Å². The second-order valence-corrected chi connectivity index (χ2v) is 6.77. The van der Waals surface area contributed by atoms with Crippen molar-refractivity contribution >= 4 is 6.03 Å². The van der Waals surface area contributed by atoms with Crippen LogP contribution in [0.5, 0.6) is 0 Å². The number of amides is 2. The number of urea groups is 1. The van der Waals surface area contributed by atoms with E-state index in [2.05, 4.69) is 22.6 Å². The molecule has 1 heterocycles. The third-order valence-electron chi connectivity index (χ3n) is 5.14. The average molecular weight is 297 g/mol. The van der Waals surface area contributed by atoms with Gasteiger partial charge in [0.15, 0.2) is 0 Å². The molecular formula is C16H31N3O2. The van der Waals surface area contributed by atoms with E-state index in [1.165, 1.54) is 32.4 Å². The highest BCUT2D eigenvalue weighted by Crippen LogP contribution is 2.24. The van der Waals surface area contributed by atoms with Crippen molar-refractivity contribution in [1.82, 2.24) is 15.5 Å². The molecule has 2 rings (SSSR count). The van der Waals surface area contributed by atoms with E-state index in [1.54, 1.807) is 0 Å². The Hall–Kier alpha value is -0.810. The number of carbonyl (C=O) groups excluding carboxylic acids is 1. The second-order valence-electron chi connectivity index (χ2n) is 6.77. The van der Waals surface area contributed by atoms with Gasteiger partial charge in [-0.3, -0.25) is 0 Å². The number of aliphatic hydroxyl groups is 1. The normalized spacial score (nSPS) is 28.3. The van der Waals surface area contributed by atoms with Crippen LogP contribution >= 0.6 is 0 Å². The Morgan fingerprint density at radius 2 is 1.90 bits per heavy atom. The molecule has 21 heavy (non-hydrogen) atoms. The molecule has 2 unspecified atom stereocenters. The molecule has 1 aliphatic carbocycles. The van der Waals surface area contributed by atoms with Crippen molar-refractivity contribution in [2.24, 2.45) is 11.8 Å². The molecule has 5 heteroatoms. The molecule has 1 saturated heterocycles. The summed E-state index contributed by atoms with van der Waals surface area (Å²) < 4.78 is 0. The smallest absolute Gasteiger partial charge is 0.315 e. The molecule has 2 atom stereocenters. The maximum absolute atomic E-state index is 12.0. The zero-order chi connectivity index (χ0) is 15.1. The van der Waals surface area contributed by atoms with Crippen molar-refractivity contribution in [3.8, 4) is 0 Å². The van der Waals surface area contributed by atoms with E-state index < -0.39 is 0 Å². The fourth-order valence-corrected chi connectivity index (χ4v) is 3.58. The van der Waals surface area contributed by atoms with Gasteiger partial charge in [0.05, 0.1) is 0 Å². The van der Waals surface area contributed by atoms with Gasteiger partial charge in [-0.1, -0.05) is 12.8 Å². The number of piperidine rings is 1. The molecule has 2 aliphatic rings. The van der Waals surface area contributed by atoms with Crippen molar-refractivity contribution < 1.29 is 9.90 Å². The SMILES string of the molecule is CN1CCC(CCNC(=O)NC2CCCCC2CO)CC1. The van der Waals surface area contributed by atoms with Gasteiger partial charge >= 0.3 is 6.03 Å². The quantitative estimate of drug-likeness (QED) is 0.722. The summed E-state index contributed by atoms with van der Waals surface area (Å²) in [5, 5.41) is 15.4. The van der Waals surface area contributed by atoms with Gasteiger partial charge in [0, 0.05) is 25.1 Å². The van der Waals surface area contributed by atoms with Crippen LogP contribution in [-0.2, 0) is 0 Å². The van der Waals surface area contributed by atoms with Crippen LogP contribution in [0.15, 0.2) is 0 Å². The number of nitrogens with one attached hydrogen (secondary N) is 2. The van der Waals surface area contributed by atoms with Crippen molar-refractivity contribution in [2.45, 2.75) is 51.0 Å². The van der Waals surface area contributed by atoms with Gasteiger partial charge in [0.25, 0.3) is 0 Å². The maximum atomic E-state index is 12.0. The largest absolute Gasteiger partial charge is 0.396 e. The molecule has 1 saturated carbocycles. The van der Waals surface area contributed by atoms with Crippen LogP contribution in [0.4, 0.5) is 4.79 Å². The zero-order valence-electron chi connectivity index (χ0n) is 13.3. The van der Waals surface area contributed by atoms with Crippen LogP contribution in [0, 0.1) is 11.8 Å². The monoisotopic (exact) mass is 297 g/mol. The lowest BCUT2D eigenvalue weighted by molar-refractivity contribution is 0.153. The Bertz CT molecular complexity index is 317. The van der Waals surface area contributed by atoms with Crippen LogP contribution in [0.25, 0.3) is 0 Å². The first-order chi connectivity index (χ1) is 10.2. The Balaban J connectivity index is 1.60. The number of likely N-dealkylation sites (tertiary alicyclic amines) is 1. The highest BCUT2D eigenvalue weighted by atomic mass is 16.3. The topological polar surface area (TPSA) is 64.6 Å². The Morgan fingerprint density at radius 3 is 2.62 bits per heavy atom. The van der Waals surface area contributed by atoms with Crippen LogP contribution < -0.4 is 10.6 Å². The number of rotatable bonds is 5. The van der Waals surface area contributed by atoms with Crippen molar-refractivity contribution in [1.29, 1.82) is 0 Å². The molecule has 3 N–H and O–H groups in total. The summed E-state index contributed by atoms with van der Waals surface area (Å²) in [6.45, 7) is 3.30. The van der Waals surface area contributed by atoms with Crippen LogP contribution in [-0.4, -0.2) is 55.4 Å². The molecule has 2 fully saturated rings. The second kappa shape index (κ2) is 8.59. The molecule has 2 amide bonds. The summed E-state index contributed by atoms with van der Waals surface area (Å²) in [5.41, 5.74) is 0. The lowest BCUT2D eigenvalue weighted by Gasteiger charge is -2.31. The van der Waals surface area contributed by atoms with Gasteiger partial charge in [-0.05, 0) is 58.2 Å². The lowest BCUT2D eigenvalue weighted by Crippen LogP contribution is -2.48. The Morgan fingerprint density at radius 1 is 1.19 bits per heavy atom. The molecule has 0 spiro atoms. The minimum Gasteiger partial charge on any atom is -0.396 e. The predicted molar refractivity (Wildman–Crippen MR) is 84.2 cm³/mol. The fourth-order valence-electron chi connectivity index (χ4n) is 3.58. The summed E-state index contributed by atoms with van der Waals surface area (Å²) in [5.74, 6) is 0.986. The van der Waals surface area contributed by atoms with Crippen molar-refractivity contribution in [2.75, 3.05) is 33.3 Å². The van der Waals surface area contributed by atoms with E-state index in [9.17, 15) is 9.90 Å². The summed E-state index contributed by atoms with van der Waals surface area (Å²) >= 11 is 0.